The third-order valence-corrected chi connectivity index (χ3v) is 8.72. The number of fused-ring (bicyclic) bond motifs is 1. The molecule has 3 aromatic rings. The number of aromatic nitrogens is 2. The Hall–Kier alpha value is -3.93. The molecule has 3 heterocycles. The van der Waals surface area contributed by atoms with Crippen LogP contribution < -0.4 is 10.6 Å². The smallest absolute Gasteiger partial charge is 0.225 e. The third-order valence-electron chi connectivity index (χ3n) is 8.72. The van der Waals surface area contributed by atoms with Crippen LogP contribution >= 0.6 is 0 Å². The Balaban J connectivity index is 1.17. The van der Waals surface area contributed by atoms with E-state index in [9.17, 15) is 15.0 Å². The number of hydrogen-bond acceptors (Lipinski definition) is 9. The van der Waals surface area contributed by atoms with Crippen LogP contribution in [-0.2, 0) is 0 Å². The van der Waals surface area contributed by atoms with Gasteiger partial charge in [0.25, 0.3) is 0 Å². The van der Waals surface area contributed by atoms with Gasteiger partial charge in [0.1, 0.15) is 0 Å². The number of nitrogens with two attached hydrogens (primary N) is 1. The SMILES string of the molecule is Cc1cc2c(cc1-c1ccc(C(=O)C(N)C(CO)CO)c(F)c1F)N=NC2=CC1CCN(c2ncc(C3CC3)cn2)CC1. The van der Waals surface area contributed by atoms with E-state index in [4.69, 9.17) is 5.73 Å². The number of piperidine rings is 1. The van der Waals surface area contributed by atoms with Crippen LogP contribution in [-0.4, -0.2) is 58.3 Å². The molecule has 2 aliphatic heterocycles. The summed E-state index contributed by atoms with van der Waals surface area (Å²) >= 11 is 0. The van der Waals surface area contributed by atoms with Crippen LogP contribution in [0.3, 0.4) is 0 Å². The maximum absolute atomic E-state index is 15.3. The van der Waals surface area contributed by atoms with E-state index in [0.29, 0.717) is 28.7 Å². The molecule has 0 bridgehead atoms. The van der Waals surface area contributed by atoms with Crippen LogP contribution in [0.15, 0.2) is 53.0 Å². The van der Waals surface area contributed by atoms with Gasteiger partial charge in [-0.2, -0.15) is 5.11 Å². The molecule has 1 unspecified atom stereocenters. The molecule has 9 nitrogen and oxygen atoms in total. The number of benzene rings is 2. The van der Waals surface area contributed by atoms with E-state index in [2.05, 4.69) is 31.2 Å². The number of carbonyl (C=O) groups is 1. The van der Waals surface area contributed by atoms with E-state index in [1.54, 1.807) is 13.0 Å². The highest BCUT2D eigenvalue weighted by molar-refractivity contribution is 6.01. The fraction of sp³-hybridized carbons (Fsp3) is 0.406. The Morgan fingerprint density at radius 3 is 2.35 bits per heavy atom. The van der Waals surface area contributed by atoms with Gasteiger partial charge in [0.05, 0.1) is 36.2 Å². The lowest BCUT2D eigenvalue weighted by atomic mass is 9.90. The van der Waals surface area contributed by atoms with Crippen molar-refractivity contribution in [2.75, 3.05) is 31.2 Å². The molecule has 3 aliphatic rings. The molecule has 43 heavy (non-hydrogen) atoms. The molecule has 6 rings (SSSR count). The van der Waals surface area contributed by atoms with Gasteiger partial charge >= 0.3 is 0 Å². The van der Waals surface area contributed by atoms with Gasteiger partial charge in [0.15, 0.2) is 17.4 Å². The number of anilines is 1. The molecule has 1 aromatic heterocycles. The maximum Gasteiger partial charge on any atom is 0.225 e. The second-order valence-electron chi connectivity index (χ2n) is 11.7. The van der Waals surface area contributed by atoms with E-state index in [1.165, 1.54) is 30.5 Å². The number of aryl methyl sites for hydroxylation is 1. The van der Waals surface area contributed by atoms with Crippen LogP contribution in [0.5, 0.6) is 0 Å². The number of halogens is 2. The van der Waals surface area contributed by atoms with E-state index < -0.39 is 48.2 Å². The summed E-state index contributed by atoms with van der Waals surface area (Å²) in [5, 5.41) is 27.3. The largest absolute Gasteiger partial charge is 0.396 e. The summed E-state index contributed by atoms with van der Waals surface area (Å²) < 4.78 is 30.4. The first-order valence-corrected chi connectivity index (χ1v) is 14.6. The Bertz CT molecular complexity index is 1590. The number of aliphatic hydroxyl groups excluding tert-OH is 2. The lowest BCUT2D eigenvalue weighted by Crippen LogP contribution is -2.42. The second-order valence-corrected chi connectivity index (χ2v) is 11.7. The molecule has 0 radical (unpaired) electrons. The van der Waals surface area contributed by atoms with E-state index >= 15 is 8.78 Å². The number of ketones is 1. The van der Waals surface area contributed by atoms with Gasteiger partial charge in [-0.05, 0) is 79.3 Å². The molecule has 1 saturated carbocycles. The molecular formula is C32H34F2N6O3. The summed E-state index contributed by atoms with van der Waals surface area (Å²) in [6.07, 6.45) is 10.4. The normalized spacial score (nSPS) is 18.5. The molecule has 0 spiro atoms. The third kappa shape index (κ3) is 5.72. The topological polar surface area (TPSA) is 137 Å². The van der Waals surface area contributed by atoms with E-state index in [-0.39, 0.29) is 5.56 Å². The predicted octanol–water partition coefficient (Wildman–Crippen LogP) is 5.07. The molecule has 0 amide bonds. The van der Waals surface area contributed by atoms with Crippen molar-refractivity contribution in [3.63, 3.8) is 0 Å². The van der Waals surface area contributed by atoms with Crippen LogP contribution in [0.2, 0.25) is 0 Å². The highest BCUT2D eigenvalue weighted by atomic mass is 19.2. The molecular weight excluding hydrogens is 554 g/mol. The standard InChI is InChI=1S/C32H34F2N6O3/c1-17-10-25-26(11-18-6-8-40(9-7-18)32-36-13-20(14-37-32)19-2-3-19)38-39-27(25)12-24(17)22-4-5-23(29(34)28(22)33)31(43)30(35)21(15-41)16-42/h4-5,10-14,18-19,21,30,41-42H,2-3,6-9,15-16,35H2,1H3. The van der Waals surface area contributed by atoms with Gasteiger partial charge in [0.2, 0.25) is 5.95 Å². The van der Waals surface area contributed by atoms with Crippen molar-refractivity contribution in [2.24, 2.45) is 27.8 Å². The number of Topliss-reactive ketones (excluding diaryl/α,β-unsaturated/α-hetero) is 1. The molecule has 2 fully saturated rings. The van der Waals surface area contributed by atoms with Crippen molar-refractivity contribution in [1.29, 1.82) is 0 Å². The lowest BCUT2D eigenvalue weighted by Gasteiger charge is -2.30. The van der Waals surface area contributed by atoms with E-state index in [1.807, 2.05) is 18.5 Å². The van der Waals surface area contributed by atoms with Crippen LogP contribution in [0.1, 0.15) is 58.6 Å². The highest BCUT2D eigenvalue weighted by Gasteiger charge is 2.30. The molecule has 224 valence electrons. The van der Waals surface area contributed by atoms with Gasteiger partial charge in [-0.25, -0.2) is 18.7 Å². The summed E-state index contributed by atoms with van der Waals surface area (Å²) in [5.41, 5.74) is 9.77. The van der Waals surface area contributed by atoms with Crippen molar-refractivity contribution in [3.8, 4) is 11.1 Å². The summed E-state index contributed by atoms with van der Waals surface area (Å²) in [6, 6.07) is 4.69. The van der Waals surface area contributed by atoms with Crippen molar-refractivity contribution < 1.29 is 23.8 Å². The average molecular weight is 589 g/mol. The van der Waals surface area contributed by atoms with Crippen LogP contribution in [0.4, 0.5) is 20.4 Å². The minimum absolute atomic E-state index is 0.0174. The molecule has 2 aromatic carbocycles. The van der Waals surface area contributed by atoms with Gasteiger partial charge in [-0.15, -0.1) is 5.11 Å². The minimum Gasteiger partial charge on any atom is -0.396 e. The first kappa shape index (κ1) is 29.2. The van der Waals surface area contributed by atoms with Gasteiger partial charge in [0, 0.05) is 42.5 Å². The van der Waals surface area contributed by atoms with Crippen LogP contribution in [0, 0.1) is 30.4 Å². The predicted molar refractivity (Wildman–Crippen MR) is 158 cm³/mol. The van der Waals surface area contributed by atoms with Crippen molar-refractivity contribution >= 4 is 23.1 Å². The minimum atomic E-state index is -1.37. The van der Waals surface area contributed by atoms with Crippen molar-refractivity contribution in [3.05, 3.63) is 76.6 Å². The van der Waals surface area contributed by atoms with E-state index in [0.717, 1.165) is 43.1 Å². The number of hydrogen-bond donors (Lipinski definition) is 3. The molecule has 11 heteroatoms. The average Bonchev–Trinajstić information content (AvgIpc) is 3.81. The zero-order chi connectivity index (χ0) is 30.2. The zero-order valence-corrected chi connectivity index (χ0v) is 23.9. The lowest BCUT2D eigenvalue weighted by molar-refractivity contribution is 0.0817. The highest BCUT2D eigenvalue weighted by Crippen LogP contribution is 2.42. The molecule has 1 saturated heterocycles. The number of aliphatic hydroxyl groups is 2. The summed E-state index contributed by atoms with van der Waals surface area (Å²) in [7, 11) is 0. The monoisotopic (exact) mass is 588 g/mol. The summed E-state index contributed by atoms with van der Waals surface area (Å²) in [4.78, 5) is 24.1. The Kier molecular flexibility index (Phi) is 8.13. The fourth-order valence-electron chi connectivity index (χ4n) is 5.80. The van der Waals surface area contributed by atoms with Crippen LogP contribution in [0.25, 0.3) is 16.8 Å². The number of azo groups is 1. The zero-order valence-electron chi connectivity index (χ0n) is 23.9. The first-order valence-electron chi connectivity index (χ1n) is 14.6. The maximum atomic E-state index is 15.3. The van der Waals surface area contributed by atoms with Crippen molar-refractivity contribution in [1.82, 2.24) is 9.97 Å². The number of rotatable bonds is 9. The Morgan fingerprint density at radius 1 is 1.00 bits per heavy atom. The number of allylic oxidation sites excluding steroid dienone is 1. The Labute approximate surface area is 248 Å². The van der Waals surface area contributed by atoms with Gasteiger partial charge in [-0.1, -0.05) is 12.1 Å². The quantitative estimate of drug-likeness (QED) is 0.297. The molecule has 4 N–H and O–H groups in total. The summed E-state index contributed by atoms with van der Waals surface area (Å²) in [6.45, 7) is 2.36. The Morgan fingerprint density at radius 2 is 1.70 bits per heavy atom. The van der Waals surface area contributed by atoms with Gasteiger partial charge < -0.3 is 20.8 Å². The molecule has 1 atom stereocenters. The molecule has 1 aliphatic carbocycles. The number of carbonyl (C=O) groups excluding carboxylic acids is 1. The van der Waals surface area contributed by atoms with Crippen molar-refractivity contribution in [2.45, 2.75) is 44.6 Å². The summed E-state index contributed by atoms with van der Waals surface area (Å²) in [5.74, 6) is -2.68. The fourth-order valence-corrected chi connectivity index (χ4v) is 5.80. The second kappa shape index (κ2) is 12.0. The number of nitrogens with zero attached hydrogens (tertiary/aromatic N) is 5. The van der Waals surface area contributed by atoms with Gasteiger partial charge in [-0.3, -0.25) is 4.79 Å². The first-order chi connectivity index (χ1) is 20.8.